The van der Waals surface area contributed by atoms with Gasteiger partial charge in [0.1, 0.15) is 29.8 Å². The molecule has 6 atom stereocenters. The second-order valence-electron chi connectivity index (χ2n) is 6.28. The summed E-state index contributed by atoms with van der Waals surface area (Å²) in [5, 5.41) is 31.6. The van der Waals surface area contributed by atoms with Crippen molar-refractivity contribution in [2.45, 2.75) is 74.9 Å². The number of thioether (sulfide) groups is 1. The van der Waals surface area contributed by atoms with Crippen molar-refractivity contribution in [3.63, 3.8) is 0 Å². The molecule has 0 saturated carbocycles. The van der Waals surface area contributed by atoms with Crippen LogP contribution >= 0.6 is 11.8 Å². The summed E-state index contributed by atoms with van der Waals surface area (Å²) in [5.41, 5.74) is -0.342. The van der Waals surface area contributed by atoms with Gasteiger partial charge in [0.25, 0.3) is 0 Å². The smallest absolute Gasteiger partial charge is 0.161 e. The van der Waals surface area contributed by atoms with Gasteiger partial charge in [0.05, 0.1) is 6.10 Å². The van der Waals surface area contributed by atoms with Crippen LogP contribution in [0, 0.1) is 0 Å². The molecule has 0 amide bonds. The summed E-state index contributed by atoms with van der Waals surface area (Å²) in [4.78, 5) is 6.27. The maximum atomic E-state index is 10.3. The van der Waals surface area contributed by atoms with Crippen LogP contribution < -0.4 is 0 Å². The molecule has 1 saturated heterocycles. The lowest BCUT2D eigenvalue weighted by Crippen LogP contribution is -2.58. The number of ether oxygens (including phenoxy) is 1. The van der Waals surface area contributed by atoms with Crippen LogP contribution in [0.1, 0.15) is 39.0 Å². The molecule has 2 rings (SSSR count). The topological polar surface area (TPSA) is 85.5 Å². The van der Waals surface area contributed by atoms with Crippen molar-refractivity contribution >= 4 is 16.9 Å². The van der Waals surface area contributed by atoms with Gasteiger partial charge in [-0.2, -0.15) is 0 Å². The fourth-order valence-electron chi connectivity index (χ4n) is 2.85. The predicted octanol–water partition coefficient (Wildman–Crippen LogP) is 0.797. The molecule has 0 aliphatic carbocycles. The Morgan fingerprint density at radius 2 is 1.95 bits per heavy atom. The lowest BCUT2D eigenvalue weighted by atomic mass is 9.92. The molecule has 0 unspecified atom stereocenters. The summed E-state index contributed by atoms with van der Waals surface area (Å²) in [7, 11) is 3.76. The van der Waals surface area contributed by atoms with Gasteiger partial charge in [0.15, 0.2) is 5.17 Å². The summed E-state index contributed by atoms with van der Waals surface area (Å²) < 4.78 is 5.85. The largest absolute Gasteiger partial charge is 0.390 e. The van der Waals surface area contributed by atoms with Gasteiger partial charge >= 0.3 is 0 Å². The van der Waals surface area contributed by atoms with E-state index in [1.165, 1.54) is 11.8 Å². The van der Waals surface area contributed by atoms with Crippen molar-refractivity contribution in [2.24, 2.45) is 4.99 Å². The van der Waals surface area contributed by atoms with Crippen molar-refractivity contribution < 1.29 is 20.1 Å². The quantitative estimate of drug-likeness (QED) is 0.624. The fourth-order valence-corrected chi connectivity index (χ4v) is 4.00. The van der Waals surface area contributed by atoms with Crippen LogP contribution in [-0.4, -0.2) is 75.4 Å². The van der Waals surface area contributed by atoms with Crippen LogP contribution in [0.3, 0.4) is 0 Å². The van der Waals surface area contributed by atoms with Crippen LogP contribution in [-0.2, 0) is 4.74 Å². The Hall–Kier alpha value is -0.340. The van der Waals surface area contributed by atoms with E-state index < -0.39 is 30.5 Å². The third-order valence-electron chi connectivity index (χ3n) is 4.20. The Balaban J connectivity index is 1.93. The first kappa shape index (κ1) is 18.0. The monoisotopic (exact) mass is 332 g/mol. The molecule has 1 fully saturated rings. The molecule has 0 bridgehead atoms. The number of aliphatic hydroxyl groups is 3. The summed E-state index contributed by atoms with van der Waals surface area (Å²) >= 11 is 1.43. The van der Waals surface area contributed by atoms with Crippen LogP contribution in [0.4, 0.5) is 0 Å². The first-order valence-electron chi connectivity index (χ1n) is 8.07. The zero-order valence-corrected chi connectivity index (χ0v) is 14.4. The molecule has 3 N–H and O–H groups in total. The SMILES string of the molecule is CCCCCC[C@@H](O)[C@H]1O[C@@H]2SC(N(C)C)=N[C@@H]2[C@@H](O)[C@@H]1O. The van der Waals surface area contributed by atoms with E-state index >= 15 is 0 Å². The number of hydrogen-bond donors (Lipinski definition) is 3. The molecule has 0 radical (unpaired) electrons. The molecule has 0 spiro atoms. The van der Waals surface area contributed by atoms with Crippen LogP contribution in [0.15, 0.2) is 4.99 Å². The molecule has 0 aromatic carbocycles. The van der Waals surface area contributed by atoms with E-state index in [2.05, 4.69) is 11.9 Å². The third-order valence-corrected chi connectivity index (χ3v) is 5.51. The minimum Gasteiger partial charge on any atom is -0.390 e. The molecule has 6 nitrogen and oxygen atoms in total. The highest BCUT2D eigenvalue weighted by Gasteiger charge is 2.50. The average molecular weight is 332 g/mol. The number of fused-ring (bicyclic) bond motifs is 1. The molecule has 2 aliphatic rings. The Morgan fingerprint density at radius 1 is 1.23 bits per heavy atom. The summed E-state index contributed by atoms with van der Waals surface area (Å²) in [6.45, 7) is 2.14. The maximum absolute atomic E-state index is 10.3. The molecule has 22 heavy (non-hydrogen) atoms. The Bertz CT molecular complexity index is 394. The van der Waals surface area contributed by atoms with E-state index in [9.17, 15) is 15.3 Å². The van der Waals surface area contributed by atoms with Gasteiger partial charge in [0.2, 0.25) is 0 Å². The lowest BCUT2D eigenvalue weighted by Gasteiger charge is -2.40. The minimum atomic E-state index is -1.10. The number of rotatable bonds is 6. The van der Waals surface area contributed by atoms with Crippen LogP contribution in [0.2, 0.25) is 0 Å². The van der Waals surface area contributed by atoms with Crippen molar-refractivity contribution in [1.29, 1.82) is 0 Å². The van der Waals surface area contributed by atoms with Crippen molar-refractivity contribution in [2.75, 3.05) is 14.1 Å². The highest BCUT2D eigenvalue weighted by Crippen LogP contribution is 2.38. The number of aliphatic hydroxyl groups excluding tert-OH is 3. The van der Waals surface area contributed by atoms with Crippen LogP contribution in [0.5, 0.6) is 0 Å². The van der Waals surface area contributed by atoms with Gasteiger partial charge < -0.3 is 25.0 Å². The molecule has 128 valence electrons. The Labute approximate surface area is 136 Å². The lowest BCUT2D eigenvalue weighted by molar-refractivity contribution is -0.185. The van der Waals surface area contributed by atoms with Gasteiger partial charge in [-0.3, -0.25) is 4.99 Å². The van der Waals surface area contributed by atoms with E-state index in [1.54, 1.807) is 0 Å². The summed E-state index contributed by atoms with van der Waals surface area (Å²) in [5.74, 6) is 0. The summed E-state index contributed by atoms with van der Waals surface area (Å²) in [6, 6.07) is -0.471. The number of aliphatic imine (C=N–C) groups is 1. The van der Waals surface area contributed by atoms with Gasteiger partial charge in [-0.05, 0) is 6.42 Å². The number of hydrogen-bond acceptors (Lipinski definition) is 7. The third kappa shape index (κ3) is 3.94. The minimum absolute atomic E-state index is 0.342. The zero-order valence-electron chi connectivity index (χ0n) is 13.6. The second kappa shape index (κ2) is 7.97. The van der Waals surface area contributed by atoms with E-state index in [4.69, 9.17) is 4.74 Å². The number of amidine groups is 1. The molecular weight excluding hydrogens is 304 g/mol. The van der Waals surface area contributed by atoms with E-state index in [1.807, 2.05) is 19.0 Å². The molecule has 7 heteroatoms. The van der Waals surface area contributed by atoms with Gasteiger partial charge in [-0.25, -0.2) is 0 Å². The predicted molar refractivity (Wildman–Crippen MR) is 87.9 cm³/mol. The Kier molecular flexibility index (Phi) is 6.52. The first-order chi connectivity index (χ1) is 10.5. The average Bonchev–Trinajstić information content (AvgIpc) is 2.91. The van der Waals surface area contributed by atoms with Crippen molar-refractivity contribution in [3.8, 4) is 0 Å². The second-order valence-corrected chi connectivity index (χ2v) is 7.35. The maximum Gasteiger partial charge on any atom is 0.161 e. The van der Waals surface area contributed by atoms with Gasteiger partial charge in [-0.1, -0.05) is 44.4 Å². The zero-order chi connectivity index (χ0) is 16.3. The fraction of sp³-hybridized carbons (Fsp3) is 0.933. The van der Waals surface area contributed by atoms with Crippen molar-refractivity contribution in [1.82, 2.24) is 4.90 Å². The Morgan fingerprint density at radius 3 is 2.59 bits per heavy atom. The number of nitrogens with zero attached hydrogens (tertiary/aromatic N) is 2. The summed E-state index contributed by atoms with van der Waals surface area (Å²) in [6.07, 6.45) is 1.22. The normalized spacial score (nSPS) is 35.9. The number of unbranched alkanes of at least 4 members (excludes halogenated alkanes) is 3. The molecule has 2 aliphatic heterocycles. The highest BCUT2D eigenvalue weighted by atomic mass is 32.2. The van der Waals surface area contributed by atoms with E-state index in [0.717, 1.165) is 30.9 Å². The van der Waals surface area contributed by atoms with Gasteiger partial charge in [0, 0.05) is 14.1 Å². The van der Waals surface area contributed by atoms with Gasteiger partial charge in [-0.15, -0.1) is 0 Å². The van der Waals surface area contributed by atoms with Crippen molar-refractivity contribution in [3.05, 3.63) is 0 Å². The molecule has 2 heterocycles. The first-order valence-corrected chi connectivity index (χ1v) is 8.95. The van der Waals surface area contributed by atoms with E-state index in [0.29, 0.717) is 6.42 Å². The standard InChI is InChI=1S/C15H28N2O4S/c1-4-5-6-7-8-9(18)13-12(20)11(19)10-14(21-13)22-15(16-10)17(2)3/h9-14,18-20H,4-8H2,1-3H3/t9-,10-,11-,12+,13-,14-/m1/s1. The molecule has 0 aromatic rings. The van der Waals surface area contributed by atoms with E-state index in [-0.39, 0.29) is 5.44 Å². The highest BCUT2D eigenvalue weighted by molar-refractivity contribution is 8.14. The molecular formula is C15H28N2O4S. The van der Waals surface area contributed by atoms with Crippen LogP contribution in [0.25, 0.3) is 0 Å². The molecule has 0 aromatic heterocycles.